The lowest BCUT2D eigenvalue weighted by Crippen LogP contribution is -2.27. The lowest BCUT2D eigenvalue weighted by atomic mass is 10.2. The molecule has 30 heavy (non-hydrogen) atoms. The standard InChI is InChI=1S/C21H15F3N4O2/c22-21(23,24)14-6-4-7-15(12-14)26-18(29)13-27-19-17(10-5-11-25-19)20(30)28(27)16-8-2-1-3-9-16/h1-12H,13H2,(H,26,29). The van der Waals surface area contributed by atoms with Gasteiger partial charge in [0.05, 0.1) is 16.6 Å². The van der Waals surface area contributed by atoms with Crippen LogP contribution in [0.25, 0.3) is 16.7 Å². The van der Waals surface area contributed by atoms with Crippen LogP contribution >= 0.6 is 0 Å². The van der Waals surface area contributed by atoms with Gasteiger partial charge in [0, 0.05) is 11.9 Å². The van der Waals surface area contributed by atoms with Gasteiger partial charge in [0.25, 0.3) is 5.56 Å². The fraction of sp³-hybridized carbons (Fsp3) is 0.0952. The number of fused-ring (bicyclic) bond motifs is 1. The number of amides is 1. The molecule has 0 saturated carbocycles. The minimum Gasteiger partial charge on any atom is -0.324 e. The van der Waals surface area contributed by atoms with Gasteiger partial charge in [-0.1, -0.05) is 24.3 Å². The van der Waals surface area contributed by atoms with Gasteiger partial charge in [0.2, 0.25) is 5.91 Å². The van der Waals surface area contributed by atoms with Gasteiger partial charge in [-0.25, -0.2) is 9.67 Å². The number of para-hydroxylation sites is 1. The van der Waals surface area contributed by atoms with Gasteiger partial charge in [0.1, 0.15) is 6.54 Å². The number of carbonyl (C=O) groups is 1. The van der Waals surface area contributed by atoms with Gasteiger partial charge in [0.15, 0.2) is 5.65 Å². The van der Waals surface area contributed by atoms with Crippen molar-refractivity contribution in [1.29, 1.82) is 0 Å². The van der Waals surface area contributed by atoms with E-state index in [1.54, 1.807) is 42.5 Å². The van der Waals surface area contributed by atoms with Crippen LogP contribution in [-0.2, 0) is 17.5 Å². The van der Waals surface area contributed by atoms with Crippen LogP contribution in [0.5, 0.6) is 0 Å². The minimum atomic E-state index is -4.52. The molecule has 1 N–H and O–H groups in total. The maximum Gasteiger partial charge on any atom is 0.416 e. The lowest BCUT2D eigenvalue weighted by molar-refractivity contribution is -0.137. The minimum absolute atomic E-state index is 0.00727. The smallest absolute Gasteiger partial charge is 0.324 e. The van der Waals surface area contributed by atoms with Gasteiger partial charge in [-0.3, -0.25) is 14.3 Å². The van der Waals surface area contributed by atoms with Crippen molar-refractivity contribution < 1.29 is 18.0 Å². The third kappa shape index (κ3) is 3.69. The summed E-state index contributed by atoms with van der Waals surface area (Å²) in [5, 5.41) is 2.78. The van der Waals surface area contributed by atoms with Crippen molar-refractivity contribution in [2.75, 3.05) is 5.32 Å². The molecule has 0 atom stereocenters. The molecular formula is C21H15F3N4O2. The van der Waals surface area contributed by atoms with E-state index in [0.717, 1.165) is 12.1 Å². The highest BCUT2D eigenvalue weighted by Gasteiger charge is 2.30. The molecule has 4 aromatic rings. The van der Waals surface area contributed by atoms with Crippen LogP contribution in [0.1, 0.15) is 5.56 Å². The number of pyridine rings is 1. The van der Waals surface area contributed by atoms with E-state index in [1.165, 1.54) is 27.7 Å². The van der Waals surface area contributed by atoms with Gasteiger partial charge in [-0.2, -0.15) is 13.2 Å². The number of halogens is 3. The molecule has 0 saturated heterocycles. The summed E-state index contributed by atoms with van der Waals surface area (Å²) >= 11 is 0. The van der Waals surface area contributed by atoms with Crippen molar-refractivity contribution in [3.8, 4) is 5.69 Å². The molecule has 0 aliphatic carbocycles. The Morgan fingerprint density at radius 2 is 1.77 bits per heavy atom. The molecule has 0 bridgehead atoms. The fourth-order valence-electron chi connectivity index (χ4n) is 3.17. The van der Waals surface area contributed by atoms with Crippen molar-refractivity contribution in [2.45, 2.75) is 12.7 Å². The van der Waals surface area contributed by atoms with E-state index in [-0.39, 0.29) is 17.8 Å². The molecule has 0 fully saturated rings. The topological polar surface area (TPSA) is 68.9 Å². The second-order valence-electron chi connectivity index (χ2n) is 6.51. The zero-order valence-corrected chi connectivity index (χ0v) is 15.4. The highest BCUT2D eigenvalue weighted by Crippen LogP contribution is 2.30. The van der Waals surface area contributed by atoms with Crippen LogP contribution in [0.15, 0.2) is 77.7 Å². The van der Waals surface area contributed by atoms with E-state index in [9.17, 15) is 22.8 Å². The molecule has 0 aliphatic heterocycles. The van der Waals surface area contributed by atoms with E-state index in [1.807, 2.05) is 0 Å². The first kappa shape index (κ1) is 19.4. The van der Waals surface area contributed by atoms with Gasteiger partial charge in [-0.15, -0.1) is 0 Å². The van der Waals surface area contributed by atoms with E-state index in [4.69, 9.17) is 0 Å². The predicted molar refractivity (Wildman–Crippen MR) is 105 cm³/mol. The normalized spacial score (nSPS) is 11.6. The summed E-state index contributed by atoms with van der Waals surface area (Å²) in [6.07, 6.45) is -3.02. The average Bonchev–Trinajstić information content (AvgIpc) is 3.00. The summed E-state index contributed by atoms with van der Waals surface area (Å²) in [5.74, 6) is -0.596. The summed E-state index contributed by atoms with van der Waals surface area (Å²) in [6.45, 7) is -0.319. The van der Waals surface area contributed by atoms with E-state index >= 15 is 0 Å². The summed E-state index contributed by atoms with van der Waals surface area (Å²) < 4.78 is 41.4. The predicted octanol–water partition coefficient (Wildman–Crippen LogP) is 3.84. The van der Waals surface area contributed by atoms with Crippen molar-refractivity contribution in [1.82, 2.24) is 14.3 Å². The summed E-state index contributed by atoms with van der Waals surface area (Å²) in [5.41, 5.74) is -0.378. The number of benzene rings is 2. The molecule has 0 unspecified atom stereocenters. The molecule has 9 heteroatoms. The SMILES string of the molecule is O=C(Cn1c2ncccc2c(=O)n1-c1ccccc1)Nc1cccc(C(F)(F)F)c1. The van der Waals surface area contributed by atoms with Crippen molar-refractivity contribution in [3.05, 3.63) is 88.8 Å². The summed E-state index contributed by atoms with van der Waals surface area (Å²) in [4.78, 5) is 29.7. The molecule has 2 aromatic heterocycles. The van der Waals surface area contributed by atoms with Gasteiger partial charge in [-0.05, 0) is 42.5 Å². The molecule has 0 spiro atoms. The monoisotopic (exact) mass is 412 g/mol. The van der Waals surface area contributed by atoms with Crippen LogP contribution in [0.3, 0.4) is 0 Å². The number of hydrogen-bond acceptors (Lipinski definition) is 3. The number of carbonyl (C=O) groups excluding carboxylic acids is 1. The molecule has 0 aliphatic rings. The van der Waals surface area contributed by atoms with Crippen LogP contribution < -0.4 is 10.9 Å². The van der Waals surface area contributed by atoms with Crippen molar-refractivity contribution in [3.63, 3.8) is 0 Å². The Hall–Kier alpha value is -3.88. The van der Waals surface area contributed by atoms with E-state index in [2.05, 4.69) is 10.3 Å². The van der Waals surface area contributed by atoms with Crippen LogP contribution in [0.4, 0.5) is 18.9 Å². The zero-order valence-electron chi connectivity index (χ0n) is 15.4. The Morgan fingerprint density at radius 1 is 1.00 bits per heavy atom. The summed E-state index contributed by atoms with van der Waals surface area (Å²) in [7, 11) is 0. The molecule has 2 heterocycles. The third-order valence-electron chi connectivity index (χ3n) is 4.46. The molecule has 6 nitrogen and oxygen atoms in total. The summed E-state index contributed by atoms with van der Waals surface area (Å²) in [6, 6.07) is 16.3. The molecule has 1 amide bonds. The number of rotatable bonds is 4. The highest BCUT2D eigenvalue weighted by molar-refractivity contribution is 5.91. The molecular weight excluding hydrogens is 397 g/mol. The highest BCUT2D eigenvalue weighted by atomic mass is 19.4. The first-order valence-electron chi connectivity index (χ1n) is 8.93. The average molecular weight is 412 g/mol. The van der Waals surface area contributed by atoms with E-state index < -0.39 is 17.6 Å². The lowest BCUT2D eigenvalue weighted by Gasteiger charge is -2.13. The number of nitrogens with zero attached hydrogens (tertiary/aromatic N) is 3. The van der Waals surface area contributed by atoms with Crippen LogP contribution in [0.2, 0.25) is 0 Å². The number of hydrogen-bond donors (Lipinski definition) is 1. The first-order valence-corrected chi connectivity index (χ1v) is 8.93. The molecule has 0 radical (unpaired) electrons. The third-order valence-corrected chi connectivity index (χ3v) is 4.46. The molecule has 4 rings (SSSR count). The maximum absolute atomic E-state index is 12.9. The van der Waals surface area contributed by atoms with E-state index in [0.29, 0.717) is 16.7 Å². The fourth-order valence-corrected chi connectivity index (χ4v) is 3.17. The number of anilines is 1. The maximum atomic E-state index is 12.9. The van der Waals surface area contributed by atoms with Crippen molar-refractivity contribution >= 4 is 22.6 Å². The Bertz CT molecular complexity index is 1280. The van der Waals surface area contributed by atoms with Gasteiger partial charge < -0.3 is 5.32 Å². The van der Waals surface area contributed by atoms with Crippen LogP contribution in [-0.4, -0.2) is 20.3 Å². The number of aromatic nitrogens is 3. The Balaban J connectivity index is 1.71. The second kappa shape index (κ2) is 7.51. The zero-order chi connectivity index (χ0) is 21.3. The number of alkyl halides is 3. The molecule has 2 aromatic carbocycles. The number of nitrogens with one attached hydrogen (secondary N) is 1. The first-order chi connectivity index (χ1) is 14.3. The molecule has 152 valence electrons. The largest absolute Gasteiger partial charge is 0.416 e. The quantitative estimate of drug-likeness (QED) is 0.554. The second-order valence-corrected chi connectivity index (χ2v) is 6.51. The Morgan fingerprint density at radius 3 is 2.50 bits per heavy atom. The Labute approximate surface area is 168 Å². The van der Waals surface area contributed by atoms with Crippen LogP contribution in [0, 0.1) is 0 Å². The Kier molecular flexibility index (Phi) is 4.86. The van der Waals surface area contributed by atoms with Gasteiger partial charge >= 0.3 is 6.18 Å². The van der Waals surface area contributed by atoms with Crippen molar-refractivity contribution in [2.24, 2.45) is 0 Å².